The van der Waals surface area contributed by atoms with Crippen LogP contribution >= 0.6 is 47.8 Å². The minimum Gasteiger partial charge on any atom is -0.415 e. The van der Waals surface area contributed by atoms with Crippen LogP contribution in [0.25, 0.3) is 0 Å². The molecular formula is C61H100BBr3FO17S10Si. The lowest BCUT2D eigenvalue weighted by Gasteiger charge is -2.43. The SMILES string of the molecule is CC1[C@H](C)OC(CO)[C@@H](C)[C@@H]1C.CC1[C@H](C)OC(COS(=O)(=O)Oc2ccc(Br)cc2)[C@@H](C)[C@@H]1C.CC1[C@H](C)OC(COS(=O)(=O)Oc2ccc(Br)cc2)[C@@H](C)[C@@H]1C.CC1[C@H](C)OC(CO[Si](C)(C)C)[C@@H](C)[C@@H]1C.O=S(=O)(F)Oc1ccc(Br)cc1.S=S=S.S=S=S=S.[2H][B][3H]. The molecule has 7 rings (SSSR count). The number of ether oxygens (including phenoxy) is 4. The summed E-state index contributed by atoms with van der Waals surface area (Å²) in [7, 11) is -10.8. The lowest BCUT2D eigenvalue weighted by Crippen LogP contribution is -2.46. The molecule has 4 heterocycles. The number of hydrogen-bond donors (Lipinski definition) is 1. The second-order valence-corrected chi connectivity index (χ2v) is 41.0. The summed E-state index contributed by atoms with van der Waals surface area (Å²) in [4.78, 5) is 0. The summed E-state index contributed by atoms with van der Waals surface area (Å²) < 4.78 is 147. The van der Waals surface area contributed by atoms with E-state index in [-0.39, 0.29) is 91.6 Å². The van der Waals surface area contributed by atoms with Crippen molar-refractivity contribution in [1.29, 1.82) is 2.67 Å². The molecule has 0 aromatic heterocycles. The summed E-state index contributed by atoms with van der Waals surface area (Å²) in [6, 6.07) is 18.7. The van der Waals surface area contributed by atoms with Gasteiger partial charge in [0.05, 0.1) is 83.6 Å². The highest BCUT2D eigenvalue weighted by molar-refractivity contribution is 9.11. The fourth-order valence-electron chi connectivity index (χ4n) is 10.4. The fourth-order valence-corrected chi connectivity index (χ4v) is 13.5. The largest absolute Gasteiger partial charge is 0.488 e. The summed E-state index contributed by atoms with van der Waals surface area (Å²) in [6.07, 6.45) is 0.600. The van der Waals surface area contributed by atoms with Crippen molar-refractivity contribution < 1.29 is 78.5 Å². The van der Waals surface area contributed by atoms with E-state index in [0.29, 0.717) is 67.7 Å². The Labute approximate surface area is 622 Å². The monoisotopic (exact) mass is 1720 g/mol. The van der Waals surface area contributed by atoms with E-state index in [0.717, 1.165) is 34.8 Å². The third kappa shape index (κ3) is 35.6. The van der Waals surface area contributed by atoms with Crippen LogP contribution in [-0.2, 0) is 134 Å². The van der Waals surface area contributed by atoms with Crippen LogP contribution < -0.4 is 12.5 Å². The molecule has 20 atom stereocenters. The van der Waals surface area contributed by atoms with Gasteiger partial charge in [0.1, 0.15) is 17.2 Å². The lowest BCUT2D eigenvalue weighted by molar-refractivity contribution is -0.140. The second kappa shape index (κ2) is 45.7. The van der Waals surface area contributed by atoms with Gasteiger partial charge < -0.3 is 41.0 Å². The van der Waals surface area contributed by atoms with Crippen LogP contribution in [0.2, 0.25) is 19.6 Å². The highest BCUT2D eigenvalue weighted by Gasteiger charge is 2.41. The van der Waals surface area contributed by atoms with E-state index in [4.69, 9.17) is 47.9 Å². The van der Waals surface area contributed by atoms with E-state index in [1.807, 2.05) is 13.8 Å². The maximum Gasteiger partial charge on any atom is 0.488 e. The van der Waals surface area contributed by atoms with Crippen molar-refractivity contribution in [2.75, 3.05) is 26.4 Å². The smallest absolute Gasteiger partial charge is 0.415 e. The van der Waals surface area contributed by atoms with Crippen LogP contribution in [0.15, 0.2) is 86.2 Å². The average Bonchev–Trinajstić information content (AvgIpc) is 0.848. The first kappa shape index (κ1) is 89.9. The number of rotatable bonds is 16. The molecule has 0 amide bonds. The van der Waals surface area contributed by atoms with E-state index in [1.54, 1.807) is 60.7 Å². The van der Waals surface area contributed by atoms with E-state index in [1.165, 1.54) is 29.9 Å². The van der Waals surface area contributed by atoms with Gasteiger partial charge >= 0.3 is 31.3 Å². The van der Waals surface area contributed by atoms with Crippen molar-refractivity contribution in [3.8, 4) is 17.2 Å². The number of hydrogen-bond acceptors (Lipinski definition) is 21. The zero-order valence-corrected chi connectivity index (χ0v) is 70.9. The van der Waals surface area contributed by atoms with Gasteiger partial charge in [0, 0.05) is 84.8 Å². The van der Waals surface area contributed by atoms with E-state index >= 15 is 0 Å². The lowest BCUT2D eigenvalue weighted by atomic mass is 9.77. The molecule has 0 saturated carbocycles. The summed E-state index contributed by atoms with van der Waals surface area (Å²) in [5, 5.41) is 9.06. The van der Waals surface area contributed by atoms with Gasteiger partial charge in [-0.15, -0.1) is 0 Å². The molecule has 4 saturated heterocycles. The van der Waals surface area contributed by atoms with Gasteiger partial charge in [-0.25, -0.2) is 8.37 Å². The van der Waals surface area contributed by atoms with Gasteiger partial charge in [-0.3, -0.25) is 0 Å². The Hall–Kier alpha value is -0.218. The van der Waals surface area contributed by atoms with Crippen LogP contribution in [0, 0.1) is 71.0 Å². The molecule has 3 aromatic carbocycles. The standard InChI is InChI=1S/2C16H23BrO5S.C13H28O2Si.C10H20O2.C6H4BrFO3S.BH2.S4.S3/c2*1-10-11(2)13(4)21-16(12(10)3)9-20-23(18,19)22-15-7-5-14(17)6-8-15;1-9-10(2)12(4)15-13(11(9)3)8-14-16(5,6)7;1-6-7(2)9(4)12-10(5-11)8(6)3;7-5-1-3-6(4-2-5)11-12(8,9)10;;1-3-4-2;1-3-2/h2*5-8,10-13,16H,9H2,1-4H3;9-13H,8H2,1-7H3;6-11H,5H2,1-4H3;1-4H;1H2;;/t2*10-,11?,12+,13+,16?;9-,10?,11+,12+,13?;6-,7?,8+,9+,10?;;;;/m1111..../s1/i;;;;;1TD;;. The molecule has 0 bridgehead atoms. The minimum atomic E-state index is -4.91. The predicted octanol–water partition coefficient (Wildman–Crippen LogP) is 13.9. The molecule has 541 valence electrons. The van der Waals surface area contributed by atoms with Crippen molar-refractivity contribution in [3.63, 3.8) is 0 Å². The van der Waals surface area contributed by atoms with E-state index < -0.39 is 39.6 Å². The Morgan fingerprint density at radius 3 is 0.947 bits per heavy atom. The van der Waals surface area contributed by atoms with Gasteiger partial charge in [0.15, 0.2) is 8.32 Å². The maximum absolute atomic E-state index is 11.9. The van der Waals surface area contributed by atoms with Crippen molar-refractivity contribution in [3.05, 3.63) is 86.2 Å². The Morgan fingerprint density at radius 2 is 0.713 bits per heavy atom. The van der Waals surface area contributed by atoms with Gasteiger partial charge in [-0.05, 0) is 194 Å². The molecule has 17 nitrogen and oxygen atoms in total. The molecular weight excluding hydrogens is 1620 g/mol. The van der Waals surface area contributed by atoms with Gasteiger partial charge in [0.2, 0.25) is 0 Å². The summed E-state index contributed by atoms with van der Waals surface area (Å²) >= 11 is 26.6. The first-order valence-corrected chi connectivity index (χ1v) is 46.9. The minimum absolute atomic E-state index is 0.0402. The Kier molecular flexibility index (Phi) is 43.7. The molecule has 4 aliphatic rings. The molecule has 94 heavy (non-hydrogen) atoms. The third-order valence-corrected chi connectivity index (χ3v) is 25.0. The third-order valence-electron chi connectivity index (χ3n) is 18.2. The second-order valence-electron chi connectivity index (χ2n) is 25.0. The molecule has 0 spiro atoms. The van der Waals surface area contributed by atoms with E-state index in [9.17, 15) is 29.1 Å². The maximum atomic E-state index is 11.9. The molecule has 0 aliphatic carbocycles. The molecule has 3 aromatic rings. The topological polar surface area (TPSA) is 215 Å². The highest BCUT2D eigenvalue weighted by Crippen LogP contribution is 2.38. The predicted molar refractivity (Wildman–Crippen MR) is 408 cm³/mol. The highest BCUT2D eigenvalue weighted by atomic mass is 79.9. The van der Waals surface area contributed by atoms with Gasteiger partial charge in [-0.1, -0.05) is 135 Å². The summed E-state index contributed by atoms with van der Waals surface area (Å²) in [5.74, 6) is 6.20. The number of benzene rings is 3. The first-order valence-electron chi connectivity index (χ1n) is 31.6. The molecule has 1 radical (unpaired) electrons. The van der Waals surface area contributed by atoms with E-state index in [2.05, 4.69) is 213 Å². The Morgan fingerprint density at radius 1 is 0.479 bits per heavy atom. The number of aliphatic hydroxyl groups excluding tert-OH is 1. The molecule has 8 unspecified atom stereocenters. The average molecular weight is 1730 g/mol. The zero-order chi connectivity index (χ0) is 74.2. The normalized spacial score (nSPS) is 30.8. The fraction of sp³-hybridized carbons (Fsp3) is 0.705. The van der Waals surface area contributed by atoms with Crippen LogP contribution in [0.3, 0.4) is 0 Å². The van der Waals surface area contributed by atoms with Crippen molar-refractivity contribution in [2.45, 2.75) is 179 Å². The van der Waals surface area contributed by atoms with Crippen molar-refractivity contribution >= 4 is 167 Å². The quantitative estimate of drug-likeness (QED) is 0.104. The Balaban J connectivity index is 0.00000116. The van der Waals surface area contributed by atoms with Crippen LogP contribution in [0.5, 0.6) is 17.2 Å². The molecule has 4 aliphatic heterocycles. The van der Waals surface area contributed by atoms with Crippen molar-refractivity contribution in [2.24, 2.45) is 71.0 Å². The summed E-state index contributed by atoms with van der Waals surface area (Å²) in [5.41, 5.74) is 0. The Bertz CT molecular complexity index is 3030. The van der Waals surface area contributed by atoms with Crippen LogP contribution in [0.4, 0.5) is 3.89 Å². The van der Waals surface area contributed by atoms with Crippen molar-refractivity contribution in [1.82, 2.24) is 0 Å². The molecule has 33 heteroatoms. The van der Waals surface area contributed by atoms with Gasteiger partial charge in [0.25, 0.3) is 0 Å². The van der Waals surface area contributed by atoms with Gasteiger partial charge in [-0.2, -0.15) is 25.3 Å². The van der Waals surface area contributed by atoms with Crippen LogP contribution in [0.1, 0.15) is 111 Å². The number of aliphatic hydroxyl groups is 1. The summed E-state index contributed by atoms with van der Waals surface area (Å²) in [6.45, 7) is 42.1. The zero-order valence-electron chi connectivity index (χ0n) is 59.0. The van der Waals surface area contributed by atoms with Crippen LogP contribution in [-0.4, -0.2) is 125 Å². The first-order chi connectivity index (χ1) is 44.4. The molecule has 1 N–H and O–H groups in total. The number of halogens is 4. The molecule has 4 fully saturated rings.